The van der Waals surface area contributed by atoms with Gasteiger partial charge in [0.2, 0.25) is 0 Å². The van der Waals surface area contributed by atoms with Gasteiger partial charge >= 0.3 is 0 Å². The van der Waals surface area contributed by atoms with Crippen LogP contribution in [-0.2, 0) is 0 Å². The van der Waals surface area contributed by atoms with E-state index in [2.05, 4.69) is 11.4 Å². The van der Waals surface area contributed by atoms with Crippen LogP contribution in [0.3, 0.4) is 0 Å². The van der Waals surface area contributed by atoms with E-state index in [1.165, 1.54) is 11.6 Å². The molecule has 0 amide bonds. The lowest BCUT2D eigenvalue weighted by Crippen LogP contribution is -2.34. The van der Waals surface area contributed by atoms with Crippen LogP contribution in [0.2, 0.25) is 5.02 Å². The second kappa shape index (κ2) is 5.45. The van der Waals surface area contributed by atoms with Gasteiger partial charge < -0.3 is 5.32 Å². The Morgan fingerprint density at radius 2 is 1.90 bits per heavy atom. The summed E-state index contributed by atoms with van der Waals surface area (Å²) in [6.45, 7) is 1.93. The summed E-state index contributed by atoms with van der Waals surface area (Å²) in [5.74, 6) is 0.345. The van der Waals surface area contributed by atoms with E-state index in [4.69, 9.17) is 11.6 Å². The molecule has 0 spiro atoms. The molecule has 1 fully saturated rings. The van der Waals surface area contributed by atoms with Crippen LogP contribution in [0, 0.1) is 12.7 Å². The molecule has 0 radical (unpaired) electrons. The molecule has 1 nitrogen and oxygen atoms in total. The number of benzene rings is 2. The predicted molar refractivity (Wildman–Crippen MR) is 82.0 cm³/mol. The number of rotatable bonds is 3. The Labute approximate surface area is 123 Å². The molecule has 2 aromatic carbocycles. The molecule has 104 valence electrons. The maximum Gasteiger partial charge on any atom is 0.123 e. The highest BCUT2D eigenvalue weighted by molar-refractivity contribution is 6.31. The fourth-order valence-electron chi connectivity index (χ4n) is 2.80. The standard InChI is InChI=1S/C17H17ClFN/c1-11-8-13(19)6-7-17(11)20-14-9-12(10-14)15-4-2-3-5-16(15)18/h2-8,12,14,20H,9-10H2,1H3. The molecule has 0 heterocycles. The van der Waals surface area contributed by atoms with Crippen LogP contribution in [0.15, 0.2) is 42.5 Å². The van der Waals surface area contributed by atoms with Gasteiger partial charge in [0.1, 0.15) is 5.82 Å². The van der Waals surface area contributed by atoms with Crippen LogP contribution >= 0.6 is 11.6 Å². The van der Waals surface area contributed by atoms with Gasteiger partial charge in [0, 0.05) is 16.8 Å². The molecule has 0 bridgehead atoms. The molecule has 2 aromatic rings. The lowest BCUT2D eigenvalue weighted by molar-refractivity contribution is 0.374. The Morgan fingerprint density at radius 3 is 2.60 bits per heavy atom. The third-order valence-corrected chi connectivity index (χ3v) is 4.38. The van der Waals surface area contributed by atoms with E-state index in [9.17, 15) is 4.39 Å². The van der Waals surface area contributed by atoms with Crippen molar-refractivity contribution in [2.24, 2.45) is 0 Å². The molecule has 0 saturated heterocycles. The lowest BCUT2D eigenvalue weighted by Gasteiger charge is -2.37. The van der Waals surface area contributed by atoms with E-state index in [-0.39, 0.29) is 5.82 Å². The maximum atomic E-state index is 13.1. The van der Waals surface area contributed by atoms with Crippen molar-refractivity contribution in [2.45, 2.75) is 31.7 Å². The summed E-state index contributed by atoms with van der Waals surface area (Å²) < 4.78 is 13.1. The number of halogens is 2. The second-order valence-electron chi connectivity index (χ2n) is 5.49. The first-order valence-corrected chi connectivity index (χ1v) is 7.28. The first-order chi connectivity index (χ1) is 9.63. The Hall–Kier alpha value is -1.54. The van der Waals surface area contributed by atoms with Crippen molar-refractivity contribution in [3.63, 3.8) is 0 Å². The largest absolute Gasteiger partial charge is 0.382 e. The van der Waals surface area contributed by atoms with Gasteiger partial charge in [-0.25, -0.2) is 4.39 Å². The molecule has 3 heteroatoms. The Balaban J connectivity index is 1.62. The third kappa shape index (κ3) is 2.66. The average molecular weight is 290 g/mol. The highest BCUT2D eigenvalue weighted by Gasteiger charge is 2.31. The molecule has 1 saturated carbocycles. The summed E-state index contributed by atoms with van der Waals surface area (Å²) in [6.07, 6.45) is 2.14. The Morgan fingerprint density at radius 1 is 1.15 bits per heavy atom. The summed E-state index contributed by atoms with van der Waals surface area (Å²) in [5.41, 5.74) is 3.21. The molecule has 0 aromatic heterocycles. The van der Waals surface area contributed by atoms with Crippen molar-refractivity contribution in [3.8, 4) is 0 Å². The SMILES string of the molecule is Cc1cc(F)ccc1NC1CC(c2ccccc2Cl)C1. The summed E-state index contributed by atoms with van der Waals surface area (Å²) in [7, 11) is 0. The van der Waals surface area contributed by atoms with Gasteiger partial charge in [-0.1, -0.05) is 29.8 Å². The van der Waals surface area contributed by atoms with Crippen molar-refractivity contribution in [3.05, 3.63) is 64.4 Å². The lowest BCUT2D eigenvalue weighted by atomic mass is 9.75. The minimum atomic E-state index is -0.185. The van der Waals surface area contributed by atoms with Gasteiger partial charge in [-0.05, 0) is 61.1 Å². The van der Waals surface area contributed by atoms with Gasteiger partial charge in [-0.2, -0.15) is 0 Å². The van der Waals surface area contributed by atoms with Crippen LogP contribution < -0.4 is 5.32 Å². The van der Waals surface area contributed by atoms with E-state index in [0.29, 0.717) is 12.0 Å². The first kappa shape index (κ1) is 13.4. The van der Waals surface area contributed by atoms with Crippen LogP contribution in [0.4, 0.5) is 10.1 Å². The molecule has 0 unspecified atom stereocenters. The zero-order valence-corrected chi connectivity index (χ0v) is 12.1. The molecule has 1 aliphatic rings. The number of hydrogen-bond acceptors (Lipinski definition) is 1. The van der Waals surface area contributed by atoms with Crippen LogP contribution in [-0.4, -0.2) is 6.04 Å². The van der Waals surface area contributed by atoms with Crippen LogP contribution in [0.1, 0.15) is 29.9 Å². The molecule has 0 aliphatic heterocycles. The number of nitrogens with one attached hydrogen (secondary N) is 1. The molecule has 3 rings (SSSR count). The van der Waals surface area contributed by atoms with Gasteiger partial charge in [0.05, 0.1) is 0 Å². The van der Waals surface area contributed by atoms with Crippen molar-refractivity contribution in [2.75, 3.05) is 5.32 Å². The van der Waals surface area contributed by atoms with E-state index in [1.54, 1.807) is 6.07 Å². The zero-order chi connectivity index (χ0) is 14.1. The molecule has 1 aliphatic carbocycles. The summed E-state index contributed by atoms with van der Waals surface area (Å²) >= 11 is 6.22. The van der Waals surface area contributed by atoms with E-state index in [1.807, 2.05) is 31.2 Å². The molecule has 0 atom stereocenters. The van der Waals surface area contributed by atoms with E-state index >= 15 is 0 Å². The van der Waals surface area contributed by atoms with Gasteiger partial charge in [0.15, 0.2) is 0 Å². The molecular formula is C17H17ClFN. The number of hydrogen-bond donors (Lipinski definition) is 1. The Bertz CT molecular complexity index is 620. The van der Waals surface area contributed by atoms with Crippen molar-refractivity contribution >= 4 is 17.3 Å². The first-order valence-electron chi connectivity index (χ1n) is 6.90. The second-order valence-corrected chi connectivity index (χ2v) is 5.90. The Kier molecular flexibility index (Phi) is 3.66. The van der Waals surface area contributed by atoms with Gasteiger partial charge in [-0.3, -0.25) is 0 Å². The zero-order valence-electron chi connectivity index (χ0n) is 11.4. The number of aryl methyl sites for hydroxylation is 1. The van der Waals surface area contributed by atoms with E-state index in [0.717, 1.165) is 29.1 Å². The topological polar surface area (TPSA) is 12.0 Å². The highest BCUT2D eigenvalue weighted by atomic mass is 35.5. The van der Waals surface area contributed by atoms with Crippen LogP contribution in [0.5, 0.6) is 0 Å². The van der Waals surface area contributed by atoms with Crippen molar-refractivity contribution in [1.29, 1.82) is 0 Å². The third-order valence-electron chi connectivity index (χ3n) is 4.03. The molecule has 1 N–H and O–H groups in total. The van der Waals surface area contributed by atoms with Gasteiger partial charge in [-0.15, -0.1) is 0 Å². The van der Waals surface area contributed by atoms with E-state index < -0.39 is 0 Å². The maximum absolute atomic E-state index is 13.1. The number of anilines is 1. The minimum absolute atomic E-state index is 0.185. The molecular weight excluding hydrogens is 273 g/mol. The average Bonchev–Trinajstić information content (AvgIpc) is 2.37. The normalized spacial score (nSPS) is 21.4. The summed E-state index contributed by atoms with van der Waals surface area (Å²) in [4.78, 5) is 0. The predicted octanol–water partition coefficient (Wildman–Crippen LogP) is 5.15. The summed E-state index contributed by atoms with van der Waals surface area (Å²) in [6, 6.07) is 13.4. The van der Waals surface area contributed by atoms with Crippen LogP contribution in [0.25, 0.3) is 0 Å². The minimum Gasteiger partial charge on any atom is -0.382 e. The smallest absolute Gasteiger partial charge is 0.123 e. The fraction of sp³-hybridized carbons (Fsp3) is 0.294. The quantitative estimate of drug-likeness (QED) is 0.824. The highest BCUT2D eigenvalue weighted by Crippen LogP contribution is 2.41. The monoisotopic (exact) mass is 289 g/mol. The summed E-state index contributed by atoms with van der Waals surface area (Å²) in [5, 5.41) is 4.34. The van der Waals surface area contributed by atoms with Crippen molar-refractivity contribution in [1.82, 2.24) is 0 Å². The fourth-order valence-corrected chi connectivity index (χ4v) is 3.09. The molecule has 20 heavy (non-hydrogen) atoms. The van der Waals surface area contributed by atoms with Gasteiger partial charge in [0.25, 0.3) is 0 Å². The van der Waals surface area contributed by atoms with Crippen molar-refractivity contribution < 1.29 is 4.39 Å².